The SMILES string of the molecule is [CH]=C(C)C.[Ce]. The Morgan fingerprint density at radius 3 is 1.40 bits per heavy atom. The first-order chi connectivity index (χ1) is 1.73. The molecule has 0 atom stereocenters. The van der Waals surface area contributed by atoms with Gasteiger partial charge in [0.15, 0.2) is 0 Å². The fraction of sp³-hybridized carbons (Fsp3) is 0.500. The van der Waals surface area contributed by atoms with Crippen LogP contribution in [0.25, 0.3) is 0 Å². The van der Waals surface area contributed by atoms with Crippen LogP contribution in [-0.4, -0.2) is 0 Å². The Hall–Kier alpha value is 1.12. The van der Waals surface area contributed by atoms with E-state index in [4.69, 9.17) is 6.58 Å². The van der Waals surface area contributed by atoms with Gasteiger partial charge in [-0.2, -0.15) is 0 Å². The molecule has 0 unspecified atom stereocenters. The van der Waals surface area contributed by atoms with Crippen LogP contribution in [0.2, 0.25) is 0 Å². The molecule has 0 saturated heterocycles. The number of allylic oxidation sites excluding steroid dienone is 1. The quantitative estimate of drug-likeness (QED) is 0.548. The van der Waals surface area contributed by atoms with E-state index in [0.29, 0.717) is 0 Å². The summed E-state index contributed by atoms with van der Waals surface area (Å²) in [4.78, 5) is 0. The van der Waals surface area contributed by atoms with Crippen molar-refractivity contribution in [2.24, 2.45) is 0 Å². The first kappa shape index (κ1) is 9.45. The van der Waals surface area contributed by atoms with Gasteiger partial charge in [-0.1, -0.05) is 12.2 Å². The Labute approximate surface area is 67.0 Å². The molecule has 0 aliphatic carbocycles. The third-order valence-electron chi connectivity index (χ3n) is 0. The van der Waals surface area contributed by atoms with Gasteiger partial charge in [0.1, 0.15) is 0 Å². The van der Waals surface area contributed by atoms with E-state index in [9.17, 15) is 0 Å². The van der Waals surface area contributed by atoms with Crippen molar-refractivity contribution in [2.75, 3.05) is 0 Å². The molecule has 0 spiro atoms. The minimum absolute atomic E-state index is 0. The Balaban J connectivity index is 0. The van der Waals surface area contributed by atoms with Gasteiger partial charge in [0.2, 0.25) is 0 Å². The summed E-state index contributed by atoms with van der Waals surface area (Å²) in [5, 5.41) is 0. The van der Waals surface area contributed by atoms with Crippen molar-refractivity contribution >= 4 is 0 Å². The van der Waals surface area contributed by atoms with Crippen LogP contribution in [-0.2, 0) is 0 Å². The van der Waals surface area contributed by atoms with Crippen molar-refractivity contribution < 1.29 is 41.7 Å². The molecule has 0 saturated carbocycles. The van der Waals surface area contributed by atoms with Crippen molar-refractivity contribution in [1.82, 2.24) is 0 Å². The van der Waals surface area contributed by atoms with Crippen LogP contribution < -0.4 is 0 Å². The van der Waals surface area contributed by atoms with Gasteiger partial charge < -0.3 is 0 Å². The number of hydrogen-bond donors (Lipinski definition) is 0. The van der Waals surface area contributed by atoms with E-state index >= 15 is 0 Å². The predicted octanol–water partition coefficient (Wildman–Crippen LogP) is 1.39. The average Bonchev–Trinajstić information content (AvgIpc) is 0.811. The van der Waals surface area contributed by atoms with Crippen LogP contribution in [0.3, 0.4) is 0 Å². The predicted molar refractivity (Wildman–Crippen MR) is 19.2 cm³/mol. The molecule has 0 N–H and O–H groups in total. The third-order valence-corrected chi connectivity index (χ3v) is 0. The fourth-order valence-electron chi connectivity index (χ4n) is 0. The second kappa shape index (κ2) is 5.12. The van der Waals surface area contributed by atoms with Crippen molar-refractivity contribution in [3.63, 3.8) is 0 Å². The summed E-state index contributed by atoms with van der Waals surface area (Å²) in [6.45, 7) is 8.75. The summed E-state index contributed by atoms with van der Waals surface area (Å²) in [6, 6.07) is 0. The molecule has 0 fully saturated rings. The summed E-state index contributed by atoms with van der Waals surface area (Å²) in [5.74, 6) is 0. The van der Waals surface area contributed by atoms with Crippen molar-refractivity contribution in [1.29, 1.82) is 0 Å². The fourth-order valence-corrected chi connectivity index (χ4v) is 0. The molecule has 1 radical (unpaired) electrons. The van der Waals surface area contributed by atoms with Gasteiger partial charge in [0.05, 0.1) is 0 Å². The zero-order chi connectivity index (χ0) is 3.58. The molecule has 0 aromatic rings. The second-order valence-corrected chi connectivity index (χ2v) is 1.08. The first-order valence-corrected chi connectivity index (χ1v) is 1.29. The molecule has 0 aromatic carbocycles. The van der Waals surface area contributed by atoms with Crippen molar-refractivity contribution in [3.8, 4) is 0 Å². The molecule has 1 heteroatoms. The molecule has 27 valence electrons. The summed E-state index contributed by atoms with van der Waals surface area (Å²) in [5.41, 5.74) is 0.917. The first-order valence-electron chi connectivity index (χ1n) is 1.29. The number of hydrogen-bond acceptors (Lipinski definition) is 0. The van der Waals surface area contributed by atoms with Gasteiger partial charge in [-0.05, 0) is 13.8 Å². The van der Waals surface area contributed by atoms with Crippen molar-refractivity contribution in [2.45, 2.75) is 13.8 Å². The van der Waals surface area contributed by atoms with E-state index in [1.54, 1.807) is 0 Å². The third kappa shape index (κ3) is 39.9. The zero-order valence-electron chi connectivity index (χ0n) is 3.58. The molecule has 0 rings (SSSR count). The molecule has 0 aromatic heterocycles. The maximum absolute atomic E-state index is 5.03. The Morgan fingerprint density at radius 1 is 1.40 bits per heavy atom. The second-order valence-electron chi connectivity index (χ2n) is 1.08. The maximum Gasteiger partial charge on any atom is 0 e. The molecule has 5 heavy (non-hydrogen) atoms. The van der Waals surface area contributed by atoms with Gasteiger partial charge >= 0.3 is 0 Å². The van der Waals surface area contributed by atoms with E-state index < -0.39 is 0 Å². The Kier molecular flexibility index (Phi) is 9.67. The van der Waals surface area contributed by atoms with E-state index in [1.165, 1.54) is 0 Å². The van der Waals surface area contributed by atoms with Crippen LogP contribution in [0.5, 0.6) is 0 Å². The molecule has 0 nitrogen and oxygen atoms in total. The minimum atomic E-state index is 0. The largest absolute Gasteiger partial charge is 0.0764 e. The molecule has 0 aliphatic heterocycles. The van der Waals surface area contributed by atoms with E-state index in [-0.39, 0.29) is 41.7 Å². The molecule has 0 bridgehead atoms. The zero-order valence-corrected chi connectivity index (χ0v) is 6.72. The topological polar surface area (TPSA) is 0 Å². The van der Waals surface area contributed by atoms with E-state index in [0.717, 1.165) is 5.57 Å². The Bertz CT molecular complexity index is 26.6. The molecular weight excluding hydrogens is 188 g/mol. The molecule has 0 aliphatic rings. The van der Waals surface area contributed by atoms with Crippen LogP contribution in [0.1, 0.15) is 13.8 Å². The number of rotatable bonds is 0. The van der Waals surface area contributed by atoms with Gasteiger partial charge in [-0.15, -0.1) is 0 Å². The van der Waals surface area contributed by atoms with Crippen LogP contribution in [0.4, 0.5) is 0 Å². The summed E-state index contributed by atoms with van der Waals surface area (Å²) < 4.78 is 0. The van der Waals surface area contributed by atoms with Gasteiger partial charge in [0, 0.05) is 41.7 Å². The summed E-state index contributed by atoms with van der Waals surface area (Å²) in [7, 11) is 0. The van der Waals surface area contributed by atoms with Crippen molar-refractivity contribution in [3.05, 3.63) is 12.2 Å². The summed E-state index contributed by atoms with van der Waals surface area (Å²) in [6.07, 6.45) is 0. The minimum Gasteiger partial charge on any atom is -0.0764 e. The Morgan fingerprint density at radius 2 is 1.40 bits per heavy atom. The van der Waals surface area contributed by atoms with Crippen LogP contribution in [0, 0.1) is 48.3 Å². The van der Waals surface area contributed by atoms with E-state index in [2.05, 4.69) is 0 Å². The molecular formula is C4H7Ce. The standard InChI is InChI=1S/C4H7.Ce/c1-4(2)3;/h1H,2-3H3;. The van der Waals surface area contributed by atoms with Crippen LogP contribution >= 0.6 is 0 Å². The monoisotopic (exact) mass is 195 g/mol. The molecule has 0 amide bonds. The van der Waals surface area contributed by atoms with Gasteiger partial charge in [-0.25, -0.2) is 0 Å². The van der Waals surface area contributed by atoms with Gasteiger partial charge in [-0.3, -0.25) is 0 Å². The maximum atomic E-state index is 5.03. The smallest absolute Gasteiger partial charge is 0 e. The summed E-state index contributed by atoms with van der Waals surface area (Å²) >= 11 is 0. The van der Waals surface area contributed by atoms with E-state index in [1.807, 2.05) is 13.8 Å². The van der Waals surface area contributed by atoms with Crippen LogP contribution in [0.15, 0.2) is 5.57 Å². The average molecular weight is 195 g/mol. The molecule has 0 heterocycles. The normalized spacial score (nSPS) is 5.20. The van der Waals surface area contributed by atoms with Gasteiger partial charge in [0.25, 0.3) is 0 Å².